The fourth-order valence-electron chi connectivity index (χ4n) is 2.05. The van der Waals surface area contributed by atoms with Crippen LogP contribution >= 0.6 is 0 Å². The molecule has 10 heteroatoms. The molecule has 3 N–H and O–H groups in total. The highest BCUT2D eigenvalue weighted by molar-refractivity contribution is 5.74. The summed E-state index contributed by atoms with van der Waals surface area (Å²) in [6.45, 7) is 2.57. The van der Waals surface area contributed by atoms with Crippen molar-refractivity contribution in [2.24, 2.45) is 0 Å². The lowest BCUT2D eigenvalue weighted by Gasteiger charge is -2.21. The van der Waals surface area contributed by atoms with Crippen LogP contribution in [0.25, 0.3) is 0 Å². The second-order valence-electron chi connectivity index (χ2n) is 4.50. The van der Waals surface area contributed by atoms with Gasteiger partial charge in [-0.15, -0.1) is 10.2 Å². The zero-order valence-electron chi connectivity index (χ0n) is 10.9. The van der Waals surface area contributed by atoms with Crippen molar-refractivity contribution in [1.29, 1.82) is 0 Å². The molecule has 2 amide bonds. The van der Waals surface area contributed by atoms with Crippen molar-refractivity contribution < 1.29 is 14.7 Å². The van der Waals surface area contributed by atoms with Crippen molar-refractivity contribution in [2.45, 2.75) is 13.0 Å². The van der Waals surface area contributed by atoms with E-state index in [0.29, 0.717) is 32.0 Å². The van der Waals surface area contributed by atoms with Gasteiger partial charge in [0.05, 0.1) is 13.1 Å². The molecule has 1 aromatic heterocycles. The fourth-order valence-corrected chi connectivity index (χ4v) is 2.05. The number of aliphatic carboxylic acids is 1. The third-order valence-electron chi connectivity index (χ3n) is 3.02. The third-order valence-corrected chi connectivity index (χ3v) is 3.02. The van der Waals surface area contributed by atoms with Crippen molar-refractivity contribution in [3.8, 4) is 0 Å². The Hall–Kier alpha value is -2.23. The number of aromatic nitrogens is 4. The first-order valence-electron chi connectivity index (χ1n) is 6.34. The number of amides is 2. The average molecular weight is 283 g/mol. The van der Waals surface area contributed by atoms with E-state index in [-0.39, 0.29) is 19.1 Å². The van der Waals surface area contributed by atoms with Crippen LogP contribution in [0.4, 0.5) is 4.79 Å². The number of nitrogens with one attached hydrogen (secondary N) is 2. The molecule has 0 bridgehead atoms. The quantitative estimate of drug-likeness (QED) is 0.613. The number of H-pyrrole nitrogens is 1. The lowest BCUT2D eigenvalue weighted by atomic mass is 10.4. The first-order valence-corrected chi connectivity index (χ1v) is 6.34. The molecule has 0 aliphatic carbocycles. The molecule has 10 nitrogen and oxygen atoms in total. The zero-order valence-corrected chi connectivity index (χ0v) is 10.9. The van der Waals surface area contributed by atoms with Gasteiger partial charge in [-0.05, 0) is 6.42 Å². The van der Waals surface area contributed by atoms with E-state index in [2.05, 4.69) is 25.9 Å². The van der Waals surface area contributed by atoms with E-state index in [1.54, 1.807) is 4.90 Å². The van der Waals surface area contributed by atoms with Crippen LogP contribution in [0.5, 0.6) is 0 Å². The van der Waals surface area contributed by atoms with Crippen LogP contribution in [-0.2, 0) is 11.3 Å². The number of aromatic amines is 1. The predicted molar refractivity (Wildman–Crippen MR) is 66.7 cm³/mol. The summed E-state index contributed by atoms with van der Waals surface area (Å²) in [7, 11) is 0. The number of nitrogens with zero attached hydrogens (tertiary/aromatic N) is 5. The minimum Gasteiger partial charge on any atom is -0.480 e. The topological polar surface area (TPSA) is 127 Å². The van der Waals surface area contributed by atoms with Crippen molar-refractivity contribution in [3.63, 3.8) is 0 Å². The zero-order chi connectivity index (χ0) is 14.4. The largest absolute Gasteiger partial charge is 0.480 e. The van der Waals surface area contributed by atoms with Gasteiger partial charge < -0.3 is 15.3 Å². The molecule has 1 fully saturated rings. The Morgan fingerprint density at radius 3 is 2.85 bits per heavy atom. The molecule has 1 aliphatic rings. The number of hydrogen-bond donors (Lipinski definition) is 3. The molecule has 110 valence electrons. The molecule has 20 heavy (non-hydrogen) atoms. The van der Waals surface area contributed by atoms with Gasteiger partial charge in [0, 0.05) is 26.2 Å². The van der Waals surface area contributed by atoms with E-state index in [9.17, 15) is 9.59 Å². The van der Waals surface area contributed by atoms with Crippen LogP contribution in [-0.4, -0.2) is 80.3 Å². The summed E-state index contributed by atoms with van der Waals surface area (Å²) in [6.07, 6.45) is 0.753. The van der Waals surface area contributed by atoms with Gasteiger partial charge in [-0.3, -0.25) is 9.69 Å². The maximum Gasteiger partial charge on any atom is 0.317 e. The van der Waals surface area contributed by atoms with Crippen molar-refractivity contribution >= 4 is 12.0 Å². The van der Waals surface area contributed by atoms with Crippen LogP contribution < -0.4 is 5.32 Å². The maximum atomic E-state index is 12.0. The minimum atomic E-state index is -0.847. The molecule has 0 saturated carbocycles. The second-order valence-corrected chi connectivity index (χ2v) is 4.50. The lowest BCUT2D eigenvalue weighted by Crippen LogP contribution is -2.42. The number of carbonyl (C=O) groups excluding carboxylic acids is 1. The summed E-state index contributed by atoms with van der Waals surface area (Å²) in [5.41, 5.74) is 0. The van der Waals surface area contributed by atoms with Gasteiger partial charge >= 0.3 is 12.0 Å². The van der Waals surface area contributed by atoms with Crippen LogP contribution in [0.1, 0.15) is 12.2 Å². The molecule has 1 aromatic rings. The molecule has 0 spiro atoms. The number of carboxylic acid groups (broad SMARTS) is 1. The Morgan fingerprint density at radius 2 is 2.15 bits per heavy atom. The van der Waals surface area contributed by atoms with Gasteiger partial charge in [-0.2, -0.15) is 5.21 Å². The first kappa shape index (κ1) is 14.2. The predicted octanol–water partition coefficient (Wildman–Crippen LogP) is -1.50. The van der Waals surface area contributed by atoms with Gasteiger partial charge in [-0.25, -0.2) is 4.79 Å². The molecular formula is C10H17N7O3. The van der Waals surface area contributed by atoms with Crippen LogP contribution in [0.15, 0.2) is 0 Å². The van der Waals surface area contributed by atoms with E-state index in [4.69, 9.17) is 5.11 Å². The molecule has 2 heterocycles. The smallest absolute Gasteiger partial charge is 0.317 e. The molecular weight excluding hydrogens is 266 g/mol. The Labute approximate surface area is 115 Å². The van der Waals surface area contributed by atoms with E-state index < -0.39 is 5.97 Å². The summed E-state index contributed by atoms with van der Waals surface area (Å²) in [4.78, 5) is 26.1. The van der Waals surface area contributed by atoms with E-state index in [0.717, 1.165) is 6.42 Å². The van der Waals surface area contributed by atoms with Gasteiger partial charge in [-0.1, -0.05) is 5.21 Å². The maximum absolute atomic E-state index is 12.0. The second kappa shape index (κ2) is 6.80. The monoisotopic (exact) mass is 283 g/mol. The highest BCUT2D eigenvalue weighted by Gasteiger charge is 2.20. The van der Waals surface area contributed by atoms with Crippen molar-refractivity contribution in [3.05, 3.63) is 5.82 Å². The molecule has 0 atom stereocenters. The Morgan fingerprint density at radius 1 is 1.30 bits per heavy atom. The summed E-state index contributed by atoms with van der Waals surface area (Å²) < 4.78 is 0. The van der Waals surface area contributed by atoms with E-state index in [1.807, 2.05) is 4.90 Å². The van der Waals surface area contributed by atoms with Crippen molar-refractivity contribution in [1.82, 2.24) is 35.7 Å². The Bertz CT molecular complexity index is 450. The Kier molecular flexibility index (Phi) is 4.82. The van der Waals surface area contributed by atoms with E-state index >= 15 is 0 Å². The number of rotatable bonds is 4. The summed E-state index contributed by atoms with van der Waals surface area (Å²) in [5.74, 6) is -0.430. The SMILES string of the molecule is O=C(O)CN1CCCN(C(=O)NCc2nn[nH]n2)CC1. The van der Waals surface area contributed by atoms with E-state index in [1.165, 1.54) is 0 Å². The van der Waals surface area contributed by atoms with Crippen molar-refractivity contribution in [2.75, 3.05) is 32.7 Å². The molecule has 1 aliphatic heterocycles. The van der Waals surface area contributed by atoms with Crippen LogP contribution in [0, 0.1) is 0 Å². The molecule has 0 unspecified atom stereocenters. The summed E-state index contributed by atoms with van der Waals surface area (Å²) >= 11 is 0. The first-order chi connectivity index (χ1) is 9.65. The highest BCUT2D eigenvalue weighted by atomic mass is 16.4. The number of tetrazole rings is 1. The number of carboxylic acids is 1. The normalized spacial score (nSPS) is 16.7. The number of hydrogen-bond acceptors (Lipinski definition) is 6. The summed E-state index contributed by atoms with van der Waals surface area (Å²) in [5, 5.41) is 24.7. The highest BCUT2D eigenvalue weighted by Crippen LogP contribution is 2.03. The molecule has 0 aromatic carbocycles. The summed E-state index contributed by atoms with van der Waals surface area (Å²) in [6, 6.07) is -0.202. The number of urea groups is 1. The lowest BCUT2D eigenvalue weighted by molar-refractivity contribution is -0.138. The minimum absolute atomic E-state index is 0.0122. The average Bonchev–Trinajstić information content (AvgIpc) is 2.82. The van der Waals surface area contributed by atoms with Gasteiger partial charge in [0.2, 0.25) is 0 Å². The van der Waals surface area contributed by atoms with Gasteiger partial charge in [0.1, 0.15) is 0 Å². The van der Waals surface area contributed by atoms with Crippen LogP contribution in [0.3, 0.4) is 0 Å². The van der Waals surface area contributed by atoms with Crippen LogP contribution in [0.2, 0.25) is 0 Å². The Balaban J connectivity index is 1.77. The molecule has 0 radical (unpaired) electrons. The standard InChI is InChI=1S/C10H17N7O3/c18-9(19)7-16-2-1-3-17(5-4-16)10(20)11-6-8-12-14-15-13-8/h1-7H2,(H,11,20)(H,18,19)(H,12,13,14,15). The number of carbonyl (C=O) groups is 2. The molecule has 2 rings (SSSR count). The van der Waals surface area contributed by atoms with Gasteiger partial charge in [0.15, 0.2) is 5.82 Å². The van der Waals surface area contributed by atoms with Gasteiger partial charge in [0.25, 0.3) is 0 Å². The molecule has 1 saturated heterocycles. The fraction of sp³-hybridized carbons (Fsp3) is 0.700. The third kappa shape index (κ3) is 4.16.